The van der Waals surface area contributed by atoms with E-state index in [0.29, 0.717) is 13.1 Å². The molecule has 0 saturated heterocycles. The van der Waals surface area contributed by atoms with Gasteiger partial charge in [0, 0.05) is 19.9 Å². The number of nitrogens with zero attached hydrogens (tertiary/aromatic N) is 3. The number of urea groups is 1. The van der Waals surface area contributed by atoms with E-state index in [1.165, 1.54) is 13.3 Å². The molecule has 0 aliphatic rings. The average Bonchev–Trinajstić information content (AvgIpc) is 2.81. The van der Waals surface area contributed by atoms with E-state index in [9.17, 15) is 9.59 Å². The Bertz CT molecular complexity index is 380. The number of carbonyl (C=O) groups excluding carboxylic acids is 1. The number of nitrogens with one attached hydrogen (secondary N) is 2. The van der Waals surface area contributed by atoms with Gasteiger partial charge in [0.2, 0.25) is 0 Å². The summed E-state index contributed by atoms with van der Waals surface area (Å²) in [6, 6.07) is -1.64. The van der Waals surface area contributed by atoms with Gasteiger partial charge in [-0.1, -0.05) is 5.21 Å². The van der Waals surface area contributed by atoms with Crippen LogP contribution in [0.5, 0.6) is 0 Å². The molecule has 9 nitrogen and oxygen atoms in total. The molecule has 0 aromatic carbocycles. The molecule has 100 valence electrons. The number of ether oxygens (including phenoxy) is 1. The maximum absolute atomic E-state index is 11.4. The summed E-state index contributed by atoms with van der Waals surface area (Å²) in [4.78, 5) is 22.1. The van der Waals surface area contributed by atoms with Crippen molar-refractivity contribution in [1.82, 2.24) is 25.6 Å². The van der Waals surface area contributed by atoms with E-state index in [4.69, 9.17) is 5.11 Å². The van der Waals surface area contributed by atoms with Gasteiger partial charge in [0.05, 0.1) is 19.3 Å². The third kappa shape index (κ3) is 4.78. The van der Waals surface area contributed by atoms with Gasteiger partial charge in [-0.3, -0.25) is 4.68 Å². The van der Waals surface area contributed by atoms with Crippen molar-refractivity contribution in [2.24, 2.45) is 0 Å². The summed E-state index contributed by atoms with van der Waals surface area (Å²) in [5.41, 5.74) is 0. The molecule has 0 aliphatic carbocycles. The van der Waals surface area contributed by atoms with Crippen molar-refractivity contribution in [2.45, 2.75) is 12.6 Å². The number of amides is 2. The van der Waals surface area contributed by atoms with Crippen LogP contribution in [0.2, 0.25) is 0 Å². The number of carboxylic acid groups (broad SMARTS) is 1. The highest BCUT2D eigenvalue weighted by atomic mass is 16.5. The minimum Gasteiger partial charge on any atom is -0.480 e. The molecule has 2 amide bonds. The summed E-state index contributed by atoms with van der Waals surface area (Å²) >= 11 is 0. The van der Waals surface area contributed by atoms with Crippen molar-refractivity contribution in [3.8, 4) is 0 Å². The summed E-state index contributed by atoms with van der Waals surface area (Å²) in [5.74, 6) is -1.15. The Morgan fingerprint density at radius 2 is 2.33 bits per heavy atom. The minimum atomic E-state index is -1.15. The molecule has 1 unspecified atom stereocenters. The van der Waals surface area contributed by atoms with E-state index >= 15 is 0 Å². The van der Waals surface area contributed by atoms with Gasteiger partial charge < -0.3 is 20.5 Å². The zero-order valence-corrected chi connectivity index (χ0v) is 9.87. The lowest BCUT2D eigenvalue weighted by molar-refractivity contribution is -0.140. The van der Waals surface area contributed by atoms with Crippen molar-refractivity contribution in [3.05, 3.63) is 12.4 Å². The molecule has 0 saturated carbocycles. The quantitative estimate of drug-likeness (QED) is 0.557. The summed E-state index contributed by atoms with van der Waals surface area (Å²) in [6.45, 7) is 0.676. The Morgan fingerprint density at radius 3 is 2.89 bits per heavy atom. The van der Waals surface area contributed by atoms with E-state index in [0.717, 1.165) is 0 Å². The molecule has 0 bridgehead atoms. The van der Waals surface area contributed by atoms with Crippen molar-refractivity contribution >= 4 is 12.0 Å². The molecule has 1 aromatic heterocycles. The first-order chi connectivity index (χ1) is 8.63. The fraction of sp³-hybridized carbons (Fsp3) is 0.556. The lowest BCUT2D eigenvalue weighted by Crippen LogP contribution is -2.48. The van der Waals surface area contributed by atoms with Gasteiger partial charge in [0.1, 0.15) is 0 Å². The van der Waals surface area contributed by atoms with Gasteiger partial charge in [-0.2, -0.15) is 0 Å². The number of carboxylic acids is 1. The van der Waals surface area contributed by atoms with Crippen LogP contribution >= 0.6 is 0 Å². The molecule has 3 N–H and O–H groups in total. The van der Waals surface area contributed by atoms with Crippen molar-refractivity contribution in [1.29, 1.82) is 0 Å². The maximum Gasteiger partial charge on any atom is 0.328 e. The number of aliphatic carboxylic acids is 1. The van der Waals surface area contributed by atoms with Crippen LogP contribution in [0.25, 0.3) is 0 Å². The second-order valence-corrected chi connectivity index (χ2v) is 3.41. The van der Waals surface area contributed by atoms with Crippen LogP contribution in [0.15, 0.2) is 12.4 Å². The second-order valence-electron chi connectivity index (χ2n) is 3.41. The Kier molecular flexibility index (Phi) is 5.58. The summed E-state index contributed by atoms with van der Waals surface area (Å²) in [7, 11) is 1.36. The van der Waals surface area contributed by atoms with Gasteiger partial charge in [-0.25, -0.2) is 9.59 Å². The third-order valence-electron chi connectivity index (χ3n) is 2.04. The van der Waals surface area contributed by atoms with Crippen LogP contribution in [-0.2, 0) is 16.1 Å². The Balaban J connectivity index is 2.25. The van der Waals surface area contributed by atoms with E-state index < -0.39 is 18.0 Å². The first-order valence-electron chi connectivity index (χ1n) is 5.23. The molecule has 1 heterocycles. The molecule has 9 heteroatoms. The molecular weight excluding hydrogens is 242 g/mol. The smallest absolute Gasteiger partial charge is 0.328 e. The first kappa shape index (κ1) is 13.9. The third-order valence-corrected chi connectivity index (χ3v) is 2.04. The zero-order valence-electron chi connectivity index (χ0n) is 9.87. The Hall–Kier alpha value is -2.16. The van der Waals surface area contributed by atoms with Crippen LogP contribution < -0.4 is 10.6 Å². The largest absolute Gasteiger partial charge is 0.480 e. The predicted octanol–water partition coefficient (Wildman–Crippen LogP) is -1.32. The number of hydrogen-bond donors (Lipinski definition) is 3. The highest BCUT2D eigenvalue weighted by Crippen LogP contribution is 1.86. The Morgan fingerprint density at radius 1 is 1.56 bits per heavy atom. The molecule has 18 heavy (non-hydrogen) atoms. The molecule has 0 spiro atoms. The van der Waals surface area contributed by atoms with Gasteiger partial charge in [-0.05, 0) is 0 Å². The fourth-order valence-electron chi connectivity index (χ4n) is 1.19. The topological polar surface area (TPSA) is 118 Å². The van der Waals surface area contributed by atoms with Crippen molar-refractivity contribution in [3.63, 3.8) is 0 Å². The van der Waals surface area contributed by atoms with Crippen LogP contribution in [0, 0.1) is 0 Å². The second kappa shape index (κ2) is 7.22. The average molecular weight is 257 g/mol. The van der Waals surface area contributed by atoms with E-state index in [1.54, 1.807) is 10.9 Å². The van der Waals surface area contributed by atoms with Gasteiger partial charge in [-0.15, -0.1) is 5.10 Å². The maximum atomic E-state index is 11.4. The summed E-state index contributed by atoms with van der Waals surface area (Å²) in [6.07, 6.45) is 3.18. The van der Waals surface area contributed by atoms with E-state index in [1.807, 2.05) is 0 Å². The van der Waals surface area contributed by atoms with Gasteiger partial charge in [0.15, 0.2) is 6.04 Å². The lowest BCUT2D eigenvalue weighted by Gasteiger charge is -2.14. The van der Waals surface area contributed by atoms with E-state index in [-0.39, 0.29) is 6.61 Å². The van der Waals surface area contributed by atoms with Crippen molar-refractivity contribution in [2.75, 3.05) is 20.3 Å². The number of aromatic nitrogens is 3. The highest BCUT2D eigenvalue weighted by molar-refractivity contribution is 5.82. The zero-order chi connectivity index (χ0) is 13.4. The number of methoxy groups -OCH3 is 1. The molecule has 0 radical (unpaired) electrons. The number of rotatable bonds is 7. The molecule has 1 rings (SSSR count). The Labute approximate surface area is 103 Å². The van der Waals surface area contributed by atoms with Crippen LogP contribution in [0.3, 0.4) is 0 Å². The molecule has 1 atom stereocenters. The monoisotopic (exact) mass is 257 g/mol. The summed E-state index contributed by atoms with van der Waals surface area (Å²) in [5, 5.41) is 20.9. The van der Waals surface area contributed by atoms with Crippen LogP contribution in [-0.4, -0.2) is 58.4 Å². The van der Waals surface area contributed by atoms with Crippen molar-refractivity contribution < 1.29 is 19.4 Å². The molecule has 1 aromatic rings. The predicted molar refractivity (Wildman–Crippen MR) is 59.9 cm³/mol. The lowest BCUT2D eigenvalue weighted by atomic mass is 10.3. The van der Waals surface area contributed by atoms with Gasteiger partial charge in [0.25, 0.3) is 0 Å². The normalized spacial score (nSPS) is 11.8. The van der Waals surface area contributed by atoms with Crippen LogP contribution in [0.1, 0.15) is 0 Å². The molecular formula is C9H15N5O4. The standard InChI is InChI=1S/C9H15N5O4/c1-18-6-7(8(15)16)12-9(17)10-2-4-14-5-3-11-13-14/h3,5,7H,2,4,6H2,1H3,(H,15,16)(H2,10,12,17). The van der Waals surface area contributed by atoms with E-state index in [2.05, 4.69) is 25.7 Å². The summed E-state index contributed by atoms with van der Waals surface area (Å²) < 4.78 is 6.23. The van der Waals surface area contributed by atoms with Crippen LogP contribution in [0.4, 0.5) is 4.79 Å². The number of carbonyl (C=O) groups is 2. The SMILES string of the molecule is COCC(NC(=O)NCCn1ccnn1)C(=O)O. The van der Waals surface area contributed by atoms with Gasteiger partial charge >= 0.3 is 12.0 Å². The highest BCUT2D eigenvalue weighted by Gasteiger charge is 2.19. The minimum absolute atomic E-state index is 0.0914. The fourth-order valence-corrected chi connectivity index (χ4v) is 1.19. The molecule has 0 fully saturated rings. The first-order valence-corrected chi connectivity index (χ1v) is 5.23. The molecule has 0 aliphatic heterocycles. The number of hydrogen-bond acceptors (Lipinski definition) is 5.